The van der Waals surface area contributed by atoms with Crippen molar-refractivity contribution in [1.82, 2.24) is 0 Å². The lowest BCUT2D eigenvalue weighted by Crippen LogP contribution is -2.58. The monoisotopic (exact) mass is 399 g/mol. The van der Waals surface area contributed by atoms with Gasteiger partial charge in [0.1, 0.15) is 0 Å². The van der Waals surface area contributed by atoms with E-state index in [1.165, 1.54) is 5.56 Å². The molecule has 2 aliphatic rings. The van der Waals surface area contributed by atoms with E-state index in [9.17, 15) is 4.79 Å². The van der Waals surface area contributed by atoms with Gasteiger partial charge in [-0.1, -0.05) is 52.8 Å². The minimum atomic E-state index is -0.328. The first kappa shape index (κ1) is 18.1. The molecule has 0 spiro atoms. The van der Waals surface area contributed by atoms with Gasteiger partial charge >= 0.3 is 0 Å². The zero-order chi connectivity index (χ0) is 18.6. The summed E-state index contributed by atoms with van der Waals surface area (Å²) < 4.78 is 1.03. The van der Waals surface area contributed by atoms with Crippen molar-refractivity contribution in [3.05, 3.63) is 64.7 Å². The Balaban J connectivity index is 1.90. The number of carbonyl (C=O) groups is 1. The molecular weight excluding hydrogens is 378 g/mol. The molecule has 1 amide bonds. The molecule has 2 aromatic rings. The number of carbonyl (C=O) groups excluding carboxylic acids is 1. The number of rotatable bonds is 1. The number of hydrogen-bond donors (Lipinski definition) is 0. The van der Waals surface area contributed by atoms with Crippen LogP contribution in [0.3, 0.4) is 0 Å². The van der Waals surface area contributed by atoms with Gasteiger partial charge in [0.2, 0.25) is 0 Å². The lowest BCUT2D eigenvalue weighted by molar-refractivity contribution is 0.0957. The third kappa shape index (κ3) is 2.72. The third-order valence-corrected chi connectivity index (χ3v) is 9.17. The van der Waals surface area contributed by atoms with E-state index in [2.05, 4.69) is 39.0 Å². The highest BCUT2D eigenvalue weighted by Gasteiger charge is 2.53. The van der Waals surface area contributed by atoms with Crippen LogP contribution < -0.4 is 4.90 Å². The van der Waals surface area contributed by atoms with Crippen LogP contribution in [0.25, 0.3) is 0 Å². The highest BCUT2D eigenvalue weighted by molar-refractivity contribution is 8.84. The fourth-order valence-corrected chi connectivity index (χ4v) is 7.93. The zero-order valence-electron chi connectivity index (χ0n) is 15.3. The maximum Gasteiger partial charge on any atom is 0.258 e. The summed E-state index contributed by atoms with van der Waals surface area (Å²) in [6, 6.07) is 14.3. The molecule has 0 N–H and O–H groups in total. The minimum Gasteiger partial charge on any atom is -0.301 e. The largest absolute Gasteiger partial charge is 0.301 e. The molecule has 4 rings (SSSR count). The maximum absolute atomic E-state index is 13.5. The summed E-state index contributed by atoms with van der Waals surface area (Å²) >= 11 is 5.68. The summed E-state index contributed by atoms with van der Waals surface area (Å²) in [5.41, 5.74) is 4.90. The van der Waals surface area contributed by atoms with Gasteiger partial charge in [-0.25, -0.2) is 0 Å². The SMILES string of the molecule is Cc1ccc(C(=O)N2c3cc(C)ccc3[C@H]3C(=S)SS[C@H]3C2(C)C)cc1. The molecule has 2 atom stereocenters. The van der Waals surface area contributed by atoms with E-state index in [4.69, 9.17) is 12.2 Å². The van der Waals surface area contributed by atoms with Crippen molar-refractivity contribution >= 4 is 49.6 Å². The molecule has 1 fully saturated rings. The molecule has 26 heavy (non-hydrogen) atoms. The molecule has 2 heterocycles. The van der Waals surface area contributed by atoms with E-state index in [-0.39, 0.29) is 22.6 Å². The van der Waals surface area contributed by atoms with Crippen molar-refractivity contribution in [2.45, 2.75) is 44.4 Å². The van der Waals surface area contributed by atoms with Crippen LogP contribution >= 0.6 is 33.8 Å². The second-order valence-corrected chi connectivity index (χ2v) is 10.7. The quantitative estimate of drug-likeness (QED) is 0.438. The van der Waals surface area contributed by atoms with Crippen molar-refractivity contribution < 1.29 is 4.79 Å². The smallest absolute Gasteiger partial charge is 0.258 e. The summed E-state index contributed by atoms with van der Waals surface area (Å²) in [4.78, 5) is 15.6. The lowest BCUT2D eigenvalue weighted by atomic mass is 9.78. The van der Waals surface area contributed by atoms with Gasteiger partial charge in [0.25, 0.3) is 5.91 Å². The number of aryl methyl sites for hydroxylation is 2. The molecule has 0 saturated carbocycles. The van der Waals surface area contributed by atoms with Gasteiger partial charge < -0.3 is 4.90 Å². The summed E-state index contributed by atoms with van der Waals surface area (Å²) in [7, 11) is 3.50. The summed E-state index contributed by atoms with van der Waals surface area (Å²) in [5.74, 6) is 0.274. The molecule has 2 aliphatic heterocycles. The van der Waals surface area contributed by atoms with Gasteiger partial charge in [-0.15, -0.1) is 0 Å². The van der Waals surface area contributed by atoms with Crippen LogP contribution in [0.15, 0.2) is 42.5 Å². The minimum absolute atomic E-state index is 0.0590. The van der Waals surface area contributed by atoms with Crippen LogP contribution in [0.2, 0.25) is 0 Å². The third-order valence-electron chi connectivity index (χ3n) is 5.33. The number of hydrogen-bond acceptors (Lipinski definition) is 4. The standard InChI is InChI=1S/C21H21NOS3/c1-12-5-8-14(9-6-12)19(23)22-16-11-13(2)7-10-15(16)17-18(21(22,3)4)25-26-20(17)24/h5-11,17-18H,1-4H3/t17-,18-/m1/s1. The van der Waals surface area contributed by atoms with Crippen molar-refractivity contribution in [2.75, 3.05) is 4.90 Å². The fourth-order valence-electron chi connectivity index (χ4n) is 3.89. The first-order valence-electron chi connectivity index (χ1n) is 8.69. The van der Waals surface area contributed by atoms with Gasteiger partial charge in [-0.3, -0.25) is 4.79 Å². The maximum atomic E-state index is 13.5. The summed E-state index contributed by atoms with van der Waals surface area (Å²) in [6.45, 7) is 8.45. The van der Waals surface area contributed by atoms with Crippen molar-refractivity contribution in [3.8, 4) is 0 Å². The number of thiocarbonyl (C=S) groups is 1. The van der Waals surface area contributed by atoms with Gasteiger partial charge in [0.15, 0.2) is 0 Å². The van der Waals surface area contributed by atoms with Crippen LogP contribution in [0.5, 0.6) is 0 Å². The molecule has 2 nitrogen and oxygen atoms in total. The van der Waals surface area contributed by atoms with E-state index < -0.39 is 0 Å². The van der Waals surface area contributed by atoms with Crippen LogP contribution in [0.4, 0.5) is 5.69 Å². The Morgan fingerprint density at radius 3 is 2.42 bits per heavy atom. The highest BCUT2D eigenvalue weighted by Crippen LogP contribution is 2.59. The Kier molecular flexibility index (Phi) is 4.45. The Bertz CT molecular complexity index is 904. The fraction of sp³-hybridized carbons (Fsp3) is 0.333. The Morgan fingerprint density at radius 2 is 1.73 bits per heavy atom. The molecular formula is C21H21NOS3. The van der Waals surface area contributed by atoms with Crippen LogP contribution in [0.1, 0.15) is 46.8 Å². The van der Waals surface area contributed by atoms with Crippen molar-refractivity contribution in [1.29, 1.82) is 0 Å². The number of anilines is 1. The molecule has 0 radical (unpaired) electrons. The molecule has 5 heteroatoms. The van der Waals surface area contributed by atoms with Gasteiger partial charge in [-0.05, 0) is 67.8 Å². The van der Waals surface area contributed by atoms with Gasteiger partial charge in [0, 0.05) is 17.2 Å². The number of amides is 1. The second-order valence-electron chi connectivity index (χ2n) is 7.62. The first-order valence-corrected chi connectivity index (χ1v) is 11.3. The predicted octanol–water partition coefficient (Wildman–Crippen LogP) is 5.92. The second kappa shape index (κ2) is 6.39. The highest BCUT2D eigenvalue weighted by atomic mass is 33.1. The molecule has 0 aromatic heterocycles. The molecule has 0 bridgehead atoms. The summed E-state index contributed by atoms with van der Waals surface area (Å²) in [6.07, 6.45) is 0. The Labute approximate surface area is 168 Å². The number of fused-ring (bicyclic) bond motifs is 3. The topological polar surface area (TPSA) is 20.3 Å². The lowest BCUT2D eigenvalue weighted by Gasteiger charge is -2.49. The van der Waals surface area contributed by atoms with E-state index in [0.29, 0.717) is 0 Å². The van der Waals surface area contributed by atoms with Crippen LogP contribution in [-0.4, -0.2) is 20.9 Å². The molecule has 0 aliphatic carbocycles. The number of benzene rings is 2. The van der Waals surface area contributed by atoms with Crippen LogP contribution in [0, 0.1) is 13.8 Å². The average molecular weight is 400 g/mol. The zero-order valence-corrected chi connectivity index (χ0v) is 17.7. The van der Waals surface area contributed by atoms with Crippen molar-refractivity contribution in [3.63, 3.8) is 0 Å². The predicted molar refractivity (Wildman–Crippen MR) is 118 cm³/mol. The van der Waals surface area contributed by atoms with Gasteiger partial charge in [-0.2, -0.15) is 0 Å². The van der Waals surface area contributed by atoms with E-state index in [0.717, 1.165) is 26.6 Å². The van der Waals surface area contributed by atoms with Crippen LogP contribution in [-0.2, 0) is 0 Å². The summed E-state index contributed by atoms with van der Waals surface area (Å²) in [5, 5.41) is 0.254. The van der Waals surface area contributed by atoms with E-state index in [1.54, 1.807) is 10.8 Å². The van der Waals surface area contributed by atoms with E-state index >= 15 is 0 Å². The molecule has 0 unspecified atom stereocenters. The normalized spacial score (nSPS) is 23.5. The molecule has 2 aromatic carbocycles. The number of nitrogens with zero attached hydrogens (tertiary/aromatic N) is 1. The molecule has 134 valence electrons. The average Bonchev–Trinajstić information content (AvgIpc) is 2.98. The van der Waals surface area contributed by atoms with Gasteiger partial charge in [0.05, 0.1) is 15.0 Å². The Morgan fingerprint density at radius 1 is 1.08 bits per heavy atom. The van der Waals surface area contributed by atoms with Crippen molar-refractivity contribution in [2.24, 2.45) is 0 Å². The van der Waals surface area contributed by atoms with E-state index in [1.807, 2.05) is 46.9 Å². The molecule has 1 saturated heterocycles. The Hall–Kier alpha value is -1.30. The first-order chi connectivity index (χ1) is 12.3.